The summed E-state index contributed by atoms with van der Waals surface area (Å²) in [5.41, 5.74) is 5.94. The molecule has 3 heteroatoms. The molecule has 0 aliphatic rings. The maximum absolute atomic E-state index is 6.71. The number of guanidine groups is 1. The van der Waals surface area contributed by atoms with Crippen molar-refractivity contribution < 1.29 is 0 Å². The van der Waals surface area contributed by atoms with Gasteiger partial charge < -0.3 is 11.1 Å². The van der Waals surface area contributed by atoms with E-state index < -0.39 is 0 Å². The number of hydrogen-bond donors (Lipinski definition) is 3. The summed E-state index contributed by atoms with van der Waals surface area (Å²) in [4.78, 5) is 0. The van der Waals surface area contributed by atoms with E-state index in [1.54, 1.807) is 0 Å². The van der Waals surface area contributed by atoms with Crippen LogP contribution in [0.2, 0.25) is 0 Å². The molecule has 8 heavy (non-hydrogen) atoms. The molecule has 0 aromatic heterocycles. The molecule has 0 rings (SSSR count). The second-order valence-electron chi connectivity index (χ2n) is 1.72. The molecule has 0 spiro atoms. The van der Waals surface area contributed by atoms with Crippen molar-refractivity contribution in [1.29, 1.82) is 5.41 Å². The first-order valence-electron chi connectivity index (χ1n) is 2.35. The predicted octanol–water partition coefficient (Wildman–Crippen LogP) is 0.0456. The van der Waals surface area contributed by atoms with Crippen molar-refractivity contribution in [3.63, 3.8) is 0 Å². The minimum absolute atomic E-state index is 0.00648. The molecular weight excluding hydrogens is 102 g/mol. The molecule has 3 nitrogen and oxygen atoms in total. The van der Waals surface area contributed by atoms with Gasteiger partial charge in [0, 0.05) is 6.54 Å². The smallest absolute Gasteiger partial charge is 0.185 e. The first kappa shape index (κ1) is 7.01. The van der Waals surface area contributed by atoms with E-state index in [1.807, 2.05) is 6.92 Å². The Kier molecular flexibility index (Phi) is 2.69. The minimum atomic E-state index is -0.00648. The topological polar surface area (TPSA) is 61.9 Å². The summed E-state index contributed by atoms with van der Waals surface area (Å²) in [6.45, 7) is 6.08. The van der Waals surface area contributed by atoms with Crippen molar-refractivity contribution in [2.24, 2.45) is 5.73 Å². The van der Waals surface area contributed by atoms with Gasteiger partial charge in [0.1, 0.15) is 0 Å². The molecule has 0 heterocycles. The van der Waals surface area contributed by atoms with Crippen molar-refractivity contribution in [3.05, 3.63) is 12.2 Å². The molecule has 0 aliphatic heterocycles. The lowest BCUT2D eigenvalue weighted by Crippen LogP contribution is -2.31. The Morgan fingerprint density at radius 2 is 2.38 bits per heavy atom. The molecule has 0 amide bonds. The Morgan fingerprint density at radius 3 is 2.50 bits per heavy atom. The van der Waals surface area contributed by atoms with Crippen LogP contribution in [0, 0.1) is 5.41 Å². The van der Waals surface area contributed by atoms with Gasteiger partial charge in [-0.2, -0.15) is 0 Å². The SMILES string of the molecule is C=C(C)CNC(=N)N. The molecule has 0 saturated carbocycles. The van der Waals surface area contributed by atoms with Gasteiger partial charge in [-0.1, -0.05) is 12.2 Å². The van der Waals surface area contributed by atoms with Crippen molar-refractivity contribution in [1.82, 2.24) is 5.32 Å². The Hall–Kier alpha value is -0.990. The number of rotatable bonds is 2. The fourth-order valence-corrected chi connectivity index (χ4v) is 0.246. The summed E-state index contributed by atoms with van der Waals surface area (Å²) in [7, 11) is 0. The maximum Gasteiger partial charge on any atom is 0.185 e. The summed E-state index contributed by atoms with van der Waals surface area (Å²) in [6.07, 6.45) is 0. The van der Waals surface area contributed by atoms with E-state index in [0.717, 1.165) is 5.57 Å². The maximum atomic E-state index is 6.71. The normalized spacial score (nSPS) is 8.12. The summed E-state index contributed by atoms with van der Waals surface area (Å²) in [5, 5.41) is 9.32. The fraction of sp³-hybridized carbons (Fsp3) is 0.400. The van der Waals surface area contributed by atoms with E-state index in [2.05, 4.69) is 11.9 Å². The van der Waals surface area contributed by atoms with Crippen LogP contribution >= 0.6 is 0 Å². The van der Waals surface area contributed by atoms with Crippen LogP contribution in [-0.4, -0.2) is 12.5 Å². The van der Waals surface area contributed by atoms with Gasteiger partial charge in [-0.15, -0.1) is 0 Å². The molecule has 0 unspecified atom stereocenters. The molecule has 0 fully saturated rings. The van der Waals surface area contributed by atoms with Crippen LogP contribution in [0.25, 0.3) is 0 Å². The van der Waals surface area contributed by atoms with Crippen molar-refractivity contribution in [2.45, 2.75) is 6.92 Å². The second-order valence-corrected chi connectivity index (χ2v) is 1.72. The average Bonchev–Trinajstić information content (AvgIpc) is 1.61. The Labute approximate surface area is 49.1 Å². The van der Waals surface area contributed by atoms with Crippen molar-refractivity contribution in [2.75, 3.05) is 6.54 Å². The zero-order chi connectivity index (χ0) is 6.57. The highest BCUT2D eigenvalue weighted by Crippen LogP contribution is 1.78. The van der Waals surface area contributed by atoms with E-state index in [9.17, 15) is 0 Å². The fourth-order valence-electron chi connectivity index (χ4n) is 0.246. The highest BCUT2D eigenvalue weighted by molar-refractivity contribution is 5.74. The van der Waals surface area contributed by atoms with Crippen LogP contribution in [0.3, 0.4) is 0 Å². The van der Waals surface area contributed by atoms with E-state index in [4.69, 9.17) is 11.1 Å². The molecule has 0 aromatic rings. The Bertz CT molecular complexity index is 92.2. The summed E-state index contributed by atoms with van der Waals surface area (Å²) >= 11 is 0. The van der Waals surface area contributed by atoms with Crippen LogP contribution in [0.1, 0.15) is 6.92 Å². The molecule has 4 N–H and O–H groups in total. The number of hydrogen-bond acceptors (Lipinski definition) is 1. The molecule has 0 aliphatic carbocycles. The van der Waals surface area contributed by atoms with Gasteiger partial charge in [0.2, 0.25) is 0 Å². The third-order valence-electron chi connectivity index (χ3n) is 0.581. The van der Waals surface area contributed by atoms with Gasteiger partial charge >= 0.3 is 0 Å². The minimum Gasteiger partial charge on any atom is -0.370 e. The van der Waals surface area contributed by atoms with Gasteiger partial charge in [-0.25, -0.2) is 0 Å². The highest BCUT2D eigenvalue weighted by atomic mass is 15.0. The number of nitrogens with one attached hydrogen (secondary N) is 2. The average molecular weight is 113 g/mol. The number of nitrogens with two attached hydrogens (primary N) is 1. The van der Waals surface area contributed by atoms with Crippen molar-refractivity contribution >= 4 is 5.96 Å². The monoisotopic (exact) mass is 113 g/mol. The lowest BCUT2D eigenvalue weighted by atomic mass is 10.3. The molecular formula is C5H11N3. The third-order valence-corrected chi connectivity index (χ3v) is 0.581. The molecule has 0 atom stereocenters. The Morgan fingerprint density at radius 1 is 1.88 bits per heavy atom. The zero-order valence-corrected chi connectivity index (χ0v) is 4.99. The largest absolute Gasteiger partial charge is 0.370 e. The third kappa shape index (κ3) is 5.01. The molecule has 0 bridgehead atoms. The van der Waals surface area contributed by atoms with Crippen LogP contribution in [-0.2, 0) is 0 Å². The van der Waals surface area contributed by atoms with Crippen LogP contribution in [0.15, 0.2) is 12.2 Å². The standard InChI is InChI=1S/C5H11N3/c1-4(2)3-8-5(6)7/h1,3H2,2H3,(H4,6,7,8). The first-order valence-corrected chi connectivity index (χ1v) is 2.35. The van der Waals surface area contributed by atoms with E-state index in [-0.39, 0.29) is 5.96 Å². The first-order chi connectivity index (χ1) is 3.63. The van der Waals surface area contributed by atoms with Crippen LogP contribution < -0.4 is 11.1 Å². The lowest BCUT2D eigenvalue weighted by molar-refractivity contribution is 0.964. The summed E-state index contributed by atoms with van der Waals surface area (Å²) in [6, 6.07) is 0. The summed E-state index contributed by atoms with van der Waals surface area (Å²) < 4.78 is 0. The van der Waals surface area contributed by atoms with E-state index in [1.165, 1.54) is 0 Å². The van der Waals surface area contributed by atoms with Crippen molar-refractivity contribution in [3.8, 4) is 0 Å². The quantitative estimate of drug-likeness (QED) is 0.269. The van der Waals surface area contributed by atoms with Crippen LogP contribution in [0.5, 0.6) is 0 Å². The van der Waals surface area contributed by atoms with Crippen LogP contribution in [0.4, 0.5) is 0 Å². The highest BCUT2D eigenvalue weighted by Gasteiger charge is 1.83. The molecule has 0 saturated heterocycles. The van der Waals surface area contributed by atoms with Gasteiger partial charge in [0.25, 0.3) is 0 Å². The summed E-state index contributed by atoms with van der Waals surface area (Å²) in [5.74, 6) is -0.00648. The van der Waals surface area contributed by atoms with Gasteiger partial charge in [-0.3, -0.25) is 5.41 Å². The molecule has 0 aromatic carbocycles. The van der Waals surface area contributed by atoms with Gasteiger partial charge in [0.15, 0.2) is 5.96 Å². The van der Waals surface area contributed by atoms with E-state index in [0.29, 0.717) is 6.54 Å². The predicted molar refractivity (Wildman–Crippen MR) is 34.7 cm³/mol. The zero-order valence-electron chi connectivity index (χ0n) is 4.99. The van der Waals surface area contributed by atoms with E-state index >= 15 is 0 Å². The lowest BCUT2D eigenvalue weighted by Gasteiger charge is -1.99. The Balaban J connectivity index is 3.18. The molecule has 0 radical (unpaired) electrons. The van der Waals surface area contributed by atoms with Gasteiger partial charge in [-0.05, 0) is 6.92 Å². The molecule has 46 valence electrons. The van der Waals surface area contributed by atoms with Gasteiger partial charge in [0.05, 0.1) is 0 Å². The second kappa shape index (κ2) is 3.07.